The maximum Gasteiger partial charge on any atom is 0.244 e. The number of aromatic nitrogens is 2. The Bertz CT molecular complexity index is 891. The van der Waals surface area contributed by atoms with E-state index in [4.69, 9.17) is 14.2 Å². The van der Waals surface area contributed by atoms with Crippen LogP contribution >= 0.6 is 11.3 Å². The molecule has 0 fully saturated rings. The number of hydrogen-bond donors (Lipinski definition) is 1. The van der Waals surface area contributed by atoms with Crippen LogP contribution in [0.3, 0.4) is 0 Å². The van der Waals surface area contributed by atoms with Gasteiger partial charge in [0.15, 0.2) is 16.5 Å². The summed E-state index contributed by atoms with van der Waals surface area (Å²) in [6.45, 7) is 0.368. The van der Waals surface area contributed by atoms with Gasteiger partial charge in [-0.25, -0.2) is 4.98 Å². The number of carbonyl (C=O) groups excluding carboxylic acids is 1. The van der Waals surface area contributed by atoms with Crippen molar-refractivity contribution in [2.45, 2.75) is 6.54 Å². The molecule has 0 radical (unpaired) electrons. The Labute approximate surface area is 154 Å². The second-order valence-corrected chi connectivity index (χ2v) is 6.21. The quantitative estimate of drug-likeness (QED) is 0.645. The standard InChI is InChI=1S/C18H19N3O4S/c1-23-14-8-12(9-15(24-2)17(14)25-3)4-5-16(22)19-10-13-11-21-6-7-26-18(21)20-13/h4-9,11H,10H2,1-3H3,(H,19,22)/b5-4+. The molecular formula is C18H19N3O4S. The fraction of sp³-hybridized carbons (Fsp3) is 0.222. The van der Waals surface area contributed by atoms with Crippen molar-refractivity contribution < 1.29 is 19.0 Å². The van der Waals surface area contributed by atoms with E-state index >= 15 is 0 Å². The number of benzene rings is 1. The summed E-state index contributed by atoms with van der Waals surface area (Å²) in [7, 11) is 4.64. The number of imidazole rings is 1. The van der Waals surface area contributed by atoms with E-state index in [0.717, 1.165) is 16.2 Å². The zero-order valence-electron chi connectivity index (χ0n) is 14.7. The lowest BCUT2D eigenvalue weighted by molar-refractivity contribution is -0.116. The highest BCUT2D eigenvalue weighted by atomic mass is 32.1. The smallest absolute Gasteiger partial charge is 0.244 e. The Hall–Kier alpha value is -3.00. The molecule has 0 aliphatic carbocycles. The van der Waals surface area contributed by atoms with Crippen LogP contribution in [0, 0.1) is 0 Å². The van der Waals surface area contributed by atoms with Crippen LogP contribution in [0.2, 0.25) is 0 Å². The highest BCUT2D eigenvalue weighted by molar-refractivity contribution is 7.15. The van der Waals surface area contributed by atoms with Gasteiger partial charge >= 0.3 is 0 Å². The molecule has 7 nitrogen and oxygen atoms in total. The van der Waals surface area contributed by atoms with Crippen LogP contribution in [0.1, 0.15) is 11.3 Å². The molecule has 26 heavy (non-hydrogen) atoms. The third kappa shape index (κ3) is 3.80. The van der Waals surface area contributed by atoms with Crippen LogP contribution < -0.4 is 19.5 Å². The molecule has 1 aromatic carbocycles. The van der Waals surface area contributed by atoms with Crippen molar-refractivity contribution in [2.75, 3.05) is 21.3 Å². The van der Waals surface area contributed by atoms with Crippen molar-refractivity contribution in [2.24, 2.45) is 0 Å². The fourth-order valence-corrected chi connectivity index (χ4v) is 3.19. The lowest BCUT2D eigenvalue weighted by Gasteiger charge is -2.12. The second kappa shape index (κ2) is 7.92. The molecule has 0 aliphatic rings. The predicted molar refractivity (Wildman–Crippen MR) is 100 cm³/mol. The summed E-state index contributed by atoms with van der Waals surface area (Å²) >= 11 is 1.55. The Morgan fingerprint density at radius 1 is 1.23 bits per heavy atom. The van der Waals surface area contributed by atoms with Crippen LogP contribution in [0.15, 0.2) is 36.0 Å². The van der Waals surface area contributed by atoms with Gasteiger partial charge in [-0.2, -0.15) is 0 Å². The van der Waals surface area contributed by atoms with Crippen LogP contribution in [0.25, 0.3) is 11.0 Å². The van der Waals surface area contributed by atoms with E-state index in [1.807, 2.05) is 22.2 Å². The van der Waals surface area contributed by atoms with Crippen molar-refractivity contribution in [3.8, 4) is 17.2 Å². The normalized spacial score (nSPS) is 11.0. The average Bonchev–Trinajstić information content (AvgIpc) is 3.25. The van der Waals surface area contributed by atoms with Crippen molar-refractivity contribution in [1.29, 1.82) is 0 Å². The highest BCUT2D eigenvalue weighted by Gasteiger charge is 2.12. The van der Waals surface area contributed by atoms with E-state index in [0.29, 0.717) is 23.8 Å². The Morgan fingerprint density at radius 2 is 1.96 bits per heavy atom. The molecule has 1 N–H and O–H groups in total. The lowest BCUT2D eigenvalue weighted by atomic mass is 10.1. The molecule has 1 amide bonds. The highest BCUT2D eigenvalue weighted by Crippen LogP contribution is 2.38. The molecular weight excluding hydrogens is 354 g/mol. The zero-order valence-corrected chi connectivity index (χ0v) is 15.5. The molecule has 0 saturated carbocycles. The van der Waals surface area contributed by atoms with Gasteiger partial charge in [-0.15, -0.1) is 11.3 Å². The number of methoxy groups -OCH3 is 3. The van der Waals surface area contributed by atoms with Crippen LogP contribution in [-0.4, -0.2) is 36.6 Å². The number of rotatable bonds is 7. The number of nitrogens with one attached hydrogen (secondary N) is 1. The Balaban J connectivity index is 1.66. The summed E-state index contributed by atoms with van der Waals surface area (Å²) in [5.74, 6) is 1.36. The molecule has 8 heteroatoms. The summed E-state index contributed by atoms with van der Waals surface area (Å²) in [5, 5.41) is 4.78. The van der Waals surface area contributed by atoms with E-state index in [1.54, 1.807) is 50.9 Å². The van der Waals surface area contributed by atoms with Crippen LogP contribution in [-0.2, 0) is 11.3 Å². The summed E-state index contributed by atoms with van der Waals surface area (Å²) in [5.41, 5.74) is 1.57. The minimum atomic E-state index is -0.213. The Morgan fingerprint density at radius 3 is 2.58 bits per heavy atom. The van der Waals surface area contributed by atoms with Crippen molar-refractivity contribution in [3.05, 3.63) is 47.2 Å². The van der Waals surface area contributed by atoms with Gasteiger partial charge in [-0.05, 0) is 23.8 Å². The molecule has 3 aromatic rings. The van der Waals surface area contributed by atoms with Crippen molar-refractivity contribution >= 4 is 28.3 Å². The zero-order chi connectivity index (χ0) is 18.5. The van der Waals surface area contributed by atoms with E-state index < -0.39 is 0 Å². The van der Waals surface area contributed by atoms with Crippen LogP contribution in [0.5, 0.6) is 17.2 Å². The first kappa shape index (κ1) is 17.8. The van der Waals surface area contributed by atoms with Crippen LogP contribution in [0.4, 0.5) is 0 Å². The molecule has 2 heterocycles. The monoisotopic (exact) mass is 373 g/mol. The maximum atomic E-state index is 12.1. The third-order valence-corrected chi connectivity index (χ3v) is 4.47. The topological polar surface area (TPSA) is 74.1 Å². The van der Waals surface area contributed by atoms with Gasteiger partial charge in [-0.1, -0.05) is 0 Å². The van der Waals surface area contributed by atoms with Gasteiger partial charge in [0.1, 0.15) is 0 Å². The van der Waals surface area contributed by atoms with Gasteiger partial charge < -0.3 is 19.5 Å². The van der Waals surface area contributed by atoms with Gasteiger partial charge in [-0.3, -0.25) is 9.20 Å². The third-order valence-electron chi connectivity index (χ3n) is 3.70. The van der Waals surface area contributed by atoms with E-state index in [9.17, 15) is 4.79 Å². The molecule has 0 aliphatic heterocycles. The molecule has 0 saturated heterocycles. The number of nitrogens with zero attached hydrogens (tertiary/aromatic N) is 2. The van der Waals surface area contributed by atoms with Crippen molar-refractivity contribution in [1.82, 2.24) is 14.7 Å². The number of carbonyl (C=O) groups is 1. The predicted octanol–water partition coefficient (Wildman–Crippen LogP) is 2.75. The minimum Gasteiger partial charge on any atom is -0.493 e. The van der Waals surface area contributed by atoms with Gasteiger partial charge in [0, 0.05) is 23.8 Å². The SMILES string of the molecule is COc1cc(/C=C/C(=O)NCc2cn3ccsc3n2)cc(OC)c1OC. The number of ether oxygens (including phenoxy) is 3. The lowest BCUT2D eigenvalue weighted by Crippen LogP contribution is -2.20. The summed E-state index contributed by atoms with van der Waals surface area (Å²) in [4.78, 5) is 17.4. The maximum absolute atomic E-state index is 12.1. The van der Waals surface area contributed by atoms with E-state index in [2.05, 4.69) is 10.3 Å². The van der Waals surface area contributed by atoms with E-state index in [1.165, 1.54) is 6.08 Å². The molecule has 0 unspecified atom stereocenters. The van der Waals surface area contributed by atoms with Gasteiger partial charge in [0.25, 0.3) is 0 Å². The summed E-state index contributed by atoms with van der Waals surface area (Å²) in [6.07, 6.45) is 6.97. The number of hydrogen-bond acceptors (Lipinski definition) is 6. The molecule has 0 bridgehead atoms. The first-order chi connectivity index (χ1) is 12.6. The Kier molecular flexibility index (Phi) is 5.43. The fourth-order valence-electron chi connectivity index (χ4n) is 2.47. The number of fused-ring (bicyclic) bond motifs is 1. The van der Waals surface area contributed by atoms with E-state index in [-0.39, 0.29) is 5.91 Å². The molecule has 136 valence electrons. The largest absolute Gasteiger partial charge is 0.493 e. The molecule has 0 atom stereocenters. The van der Waals surface area contributed by atoms with Crippen molar-refractivity contribution in [3.63, 3.8) is 0 Å². The number of thiazole rings is 1. The first-order valence-corrected chi connectivity index (χ1v) is 8.69. The second-order valence-electron chi connectivity index (χ2n) is 5.33. The summed E-state index contributed by atoms with van der Waals surface area (Å²) < 4.78 is 17.8. The average molecular weight is 373 g/mol. The molecule has 3 rings (SSSR count). The number of amides is 1. The molecule has 0 spiro atoms. The molecule has 2 aromatic heterocycles. The summed E-state index contributed by atoms with van der Waals surface area (Å²) in [6, 6.07) is 3.54. The van der Waals surface area contributed by atoms with Gasteiger partial charge in [0.2, 0.25) is 11.7 Å². The minimum absolute atomic E-state index is 0.213. The van der Waals surface area contributed by atoms with Gasteiger partial charge in [0.05, 0.1) is 33.6 Å². The first-order valence-electron chi connectivity index (χ1n) is 7.81.